The first-order valence-electron chi connectivity index (χ1n) is 11.2. The van der Waals surface area contributed by atoms with E-state index in [0.29, 0.717) is 11.3 Å². The minimum absolute atomic E-state index is 0.00830. The highest BCUT2D eigenvalue weighted by atomic mass is 16.6. The molecule has 6 atom stereocenters. The smallest absolute Gasteiger partial charge is 0.336 e. The molecule has 1 saturated heterocycles. The van der Waals surface area contributed by atoms with Crippen LogP contribution in [0, 0.1) is 0 Å². The zero-order chi connectivity index (χ0) is 25.0. The molecule has 0 aromatic heterocycles. The highest BCUT2D eigenvalue weighted by Crippen LogP contribution is 2.41. The number of nitrogens with one attached hydrogen (secondary N) is 1. The number of carbonyl (C=O) groups excluding carboxylic acids is 2. The molecule has 34 heavy (non-hydrogen) atoms. The molecule has 1 fully saturated rings. The first-order chi connectivity index (χ1) is 16.3. The SMILES string of the molecule is CCOC(=O)C1=C(C)NC([C@@H]2O[C@H](CO)[C@@H](O)[C@H](O)[C@@H]2O)=C(C(=O)OCC)[C@H]1c1ccccc1. The minimum atomic E-state index is -1.65. The van der Waals surface area contributed by atoms with Crippen LogP contribution in [-0.2, 0) is 23.8 Å². The highest BCUT2D eigenvalue weighted by molar-refractivity contribution is 6.00. The fraction of sp³-hybridized carbons (Fsp3) is 0.500. The summed E-state index contributed by atoms with van der Waals surface area (Å²) >= 11 is 0. The maximum absolute atomic E-state index is 13.3. The standard InChI is InChI=1S/C24H31NO9/c1-4-32-23(30)15-12(3)25-18(22-21(29)20(28)19(27)14(11-26)34-22)17(24(31)33-5-2)16(15)13-9-7-6-8-10-13/h6-10,14,16,19-22,25-29H,4-5,11H2,1-3H3/t14-,16+,19-,20+,21+,22+/m1/s1. The van der Waals surface area contributed by atoms with Gasteiger partial charge in [-0.15, -0.1) is 0 Å². The fourth-order valence-corrected chi connectivity index (χ4v) is 4.31. The average Bonchev–Trinajstić information content (AvgIpc) is 2.83. The van der Waals surface area contributed by atoms with Crippen molar-refractivity contribution in [2.45, 2.75) is 57.2 Å². The van der Waals surface area contributed by atoms with Crippen LogP contribution in [0.2, 0.25) is 0 Å². The number of carbonyl (C=O) groups is 2. The second-order valence-corrected chi connectivity index (χ2v) is 8.03. The number of hydrogen-bond donors (Lipinski definition) is 5. The lowest BCUT2D eigenvalue weighted by Gasteiger charge is -2.43. The Morgan fingerprint density at radius 1 is 0.941 bits per heavy atom. The molecule has 2 aliphatic heterocycles. The summed E-state index contributed by atoms with van der Waals surface area (Å²) < 4.78 is 16.3. The molecule has 10 nitrogen and oxygen atoms in total. The summed E-state index contributed by atoms with van der Waals surface area (Å²) in [6.45, 7) is 4.46. The van der Waals surface area contributed by atoms with E-state index in [1.807, 2.05) is 0 Å². The van der Waals surface area contributed by atoms with Crippen LogP contribution in [0.1, 0.15) is 32.3 Å². The monoisotopic (exact) mass is 477 g/mol. The molecule has 2 aliphatic rings. The van der Waals surface area contributed by atoms with E-state index in [-0.39, 0.29) is 30.1 Å². The lowest BCUT2D eigenvalue weighted by Crippen LogP contribution is -2.60. The lowest BCUT2D eigenvalue weighted by atomic mass is 9.78. The maximum Gasteiger partial charge on any atom is 0.336 e. The first-order valence-corrected chi connectivity index (χ1v) is 11.2. The largest absolute Gasteiger partial charge is 0.463 e. The number of aliphatic hydroxyl groups is 4. The predicted molar refractivity (Wildman–Crippen MR) is 119 cm³/mol. The molecule has 5 N–H and O–H groups in total. The maximum atomic E-state index is 13.3. The van der Waals surface area contributed by atoms with Gasteiger partial charge in [-0.3, -0.25) is 0 Å². The Morgan fingerprint density at radius 2 is 1.53 bits per heavy atom. The lowest BCUT2D eigenvalue weighted by molar-refractivity contribution is -0.220. The number of ether oxygens (including phenoxy) is 3. The van der Waals surface area contributed by atoms with Crippen LogP contribution in [0.4, 0.5) is 0 Å². The molecule has 0 bridgehead atoms. The summed E-state index contributed by atoms with van der Waals surface area (Å²) in [4.78, 5) is 26.3. The normalized spacial score (nSPS) is 29.5. The van der Waals surface area contributed by atoms with Gasteiger partial charge in [-0.25, -0.2) is 9.59 Å². The van der Waals surface area contributed by atoms with E-state index in [4.69, 9.17) is 14.2 Å². The summed E-state index contributed by atoms with van der Waals surface area (Å²) in [6.07, 6.45) is -7.38. The Balaban J connectivity index is 2.24. The van der Waals surface area contributed by atoms with Crippen molar-refractivity contribution in [2.24, 2.45) is 0 Å². The number of esters is 2. The van der Waals surface area contributed by atoms with E-state index in [2.05, 4.69) is 5.32 Å². The number of hydrogen-bond acceptors (Lipinski definition) is 10. The van der Waals surface area contributed by atoms with Crippen molar-refractivity contribution in [3.8, 4) is 0 Å². The van der Waals surface area contributed by atoms with E-state index in [0.717, 1.165) is 0 Å². The van der Waals surface area contributed by atoms with E-state index in [9.17, 15) is 30.0 Å². The van der Waals surface area contributed by atoms with Gasteiger partial charge in [0.1, 0.15) is 30.5 Å². The molecule has 1 aromatic carbocycles. The molecular formula is C24H31NO9. The van der Waals surface area contributed by atoms with Gasteiger partial charge >= 0.3 is 11.9 Å². The van der Waals surface area contributed by atoms with Crippen LogP contribution in [-0.4, -0.2) is 82.7 Å². The average molecular weight is 478 g/mol. The summed E-state index contributed by atoms with van der Waals surface area (Å²) in [5.41, 5.74) is 1.19. The van der Waals surface area contributed by atoms with Gasteiger partial charge in [0.05, 0.1) is 42.6 Å². The Hall–Kier alpha value is -2.76. The molecule has 2 heterocycles. The van der Waals surface area contributed by atoms with Gasteiger partial charge in [-0.1, -0.05) is 30.3 Å². The zero-order valence-corrected chi connectivity index (χ0v) is 19.3. The number of dihydropyridines is 1. The molecule has 0 aliphatic carbocycles. The summed E-state index contributed by atoms with van der Waals surface area (Å²) in [5, 5.41) is 43.9. The third-order valence-electron chi connectivity index (χ3n) is 5.89. The van der Waals surface area contributed by atoms with Crippen LogP contribution < -0.4 is 5.32 Å². The highest BCUT2D eigenvalue weighted by Gasteiger charge is 2.49. The van der Waals surface area contributed by atoms with E-state index in [1.54, 1.807) is 51.1 Å². The number of benzene rings is 1. The Morgan fingerprint density at radius 3 is 2.09 bits per heavy atom. The molecular weight excluding hydrogens is 446 g/mol. The molecule has 1 aromatic rings. The molecule has 0 radical (unpaired) electrons. The predicted octanol–water partition coefficient (Wildman–Crippen LogP) is -0.130. The molecule has 0 unspecified atom stereocenters. The Kier molecular flexibility index (Phi) is 8.45. The van der Waals surface area contributed by atoms with Gasteiger partial charge in [-0.05, 0) is 26.3 Å². The first kappa shape index (κ1) is 25.9. The fourth-order valence-electron chi connectivity index (χ4n) is 4.31. The number of aliphatic hydroxyl groups excluding tert-OH is 4. The third kappa shape index (κ3) is 4.86. The molecule has 0 saturated carbocycles. The van der Waals surface area contributed by atoms with Gasteiger partial charge < -0.3 is 40.0 Å². The van der Waals surface area contributed by atoms with Gasteiger partial charge in [0.15, 0.2) is 0 Å². The second kappa shape index (κ2) is 11.1. The Bertz CT molecular complexity index is 956. The van der Waals surface area contributed by atoms with E-state index in [1.165, 1.54) is 0 Å². The Labute approximate surface area is 197 Å². The van der Waals surface area contributed by atoms with Crippen molar-refractivity contribution in [3.05, 3.63) is 58.4 Å². The van der Waals surface area contributed by atoms with Crippen LogP contribution in [0.3, 0.4) is 0 Å². The van der Waals surface area contributed by atoms with Crippen molar-refractivity contribution < 1.29 is 44.2 Å². The van der Waals surface area contributed by atoms with Crippen LogP contribution in [0.5, 0.6) is 0 Å². The molecule has 3 rings (SSSR count). The van der Waals surface area contributed by atoms with Crippen molar-refractivity contribution in [1.82, 2.24) is 5.32 Å². The summed E-state index contributed by atoms with van der Waals surface area (Å²) in [5.74, 6) is -2.32. The van der Waals surface area contributed by atoms with Crippen molar-refractivity contribution >= 4 is 11.9 Å². The second-order valence-electron chi connectivity index (χ2n) is 8.03. The van der Waals surface area contributed by atoms with Gasteiger partial charge in [0.2, 0.25) is 0 Å². The number of rotatable bonds is 7. The molecule has 0 amide bonds. The van der Waals surface area contributed by atoms with Crippen molar-refractivity contribution in [3.63, 3.8) is 0 Å². The molecule has 0 spiro atoms. The summed E-state index contributed by atoms with van der Waals surface area (Å²) in [7, 11) is 0. The zero-order valence-electron chi connectivity index (χ0n) is 19.3. The van der Waals surface area contributed by atoms with Gasteiger partial charge in [0.25, 0.3) is 0 Å². The quantitative estimate of drug-likeness (QED) is 0.336. The third-order valence-corrected chi connectivity index (χ3v) is 5.89. The van der Waals surface area contributed by atoms with Gasteiger partial charge in [0, 0.05) is 5.70 Å². The van der Waals surface area contributed by atoms with Crippen molar-refractivity contribution in [2.75, 3.05) is 19.8 Å². The molecule has 186 valence electrons. The molecule has 10 heteroatoms. The number of allylic oxidation sites excluding steroid dienone is 1. The van der Waals surface area contributed by atoms with Crippen molar-refractivity contribution in [1.29, 1.82) is 0 Å². The summed E-state index contributed by atoms with van der Waals surface area (Å²) in [6, 6.07) is 8.79. The topological polar surface area (TPSA) is 155 Å². The van der Waals surface area contributed by atoms with Gasteiger partial charge in [-0.2, -0.15) is 0 Å². The van der Waals surface area contributed by atoms with E-state index < -0.39 is 55.0 Å². The van der Waals surface area contributed by atoms with Crippen LogP contribution >= 0.6 is 0 Å². The van der Waals surface area contributed by atoms with Crippen LogP contribution in [0.15, 0.2) is 52.9 Å². The van der Waals surface area contributed by atoms with Crippen LogP contribution in [0.25, 0.3) is 0 Å². The minimum Gasteiger partial charge on any atom is -0.463 e. The van der Waals surface area contributed by atoms with E-state index >= 15 is 0 Å².